The van der Waals surface area contributed by atoms with Crippen molar-refractivity contribution >= 4 is 28.7 Å². The van der Waals surface area contributed by atoms with Crippen LogP contribution in [0.25, 0.3) is 11.2 Å². The Balaban J connectivity index is 1.67. The Bertz CT molecular complexity index is 1100. The Hall–Kier alpha value is -2.92. The number of piperazine rings is 1. The lowest BCUT2D eigenvalue weighted by molar-refractivity contribution is -0.137. The SMILES string of the molecule is CC(C)(C)Nc1ncc2nc(Nc3cccc(C(F)(F)F)c3)n(CCN3CCNCC3)c2n1. The van der Waals surface area contributed by atoms with Gasteiger partial charge < -0.3 is 16.0 Å². The van der Waals surface area contributed by atoms with Gasteiger partial charge in [-0.1, -0.05) is 6.07 Å². The third kappa shape index (κ3) is 5.91. The zero-order valence-corrected chi connectivity index (χ0v) is 19.0. The summed E-state index contributed by atoms with van der Waals surface area (Å²) < 4.78 is 41.4. The van der Waals surface area contributed by atoms with Crippen LogP contribution in [0.3, 0.4) is 0 Å². The molecule has 1 fully saturated rings. The van der Waals surface area contributed by atoms with Crippen molar-refractivity contribution in [1.29, 1.82) is 0 Å². The second-order valence-corrected chi connectivity index (χ2v) is 9.16. The first kappa shape index (κ1) is 23.2. The van der Waals surface area contributed by atoms with Gasteiger partial charge >= 0.3 is 6.18 Å². The van der Waals surface area contributed by atoms with Crippen LogP contribution in [-0.2, 0) is 12.7 Å². The fourth-order valence-corrected chi connectivity index (χ4v) is 3.70. The molecule has 1 saturated heterocycles. The van der Waals surface area contributed by atoms with E-state index in [1.165, 1.54) is 6.07 Å². The Morgan fingerprint density at radius 3 is 2.52 bits per heavy atom. The summed E-state index contributed by atoms with van der Waals surface area (Å²) in [7, 11) is 0. The number of aromatic nitrogens is 4. The molecule has 0 aliphatic carbocycles. The van der Waals surface area contributed by atoms with E-state index >= 15 is 0 Å². The Labute approximate surface area is 190 Å². The smallest absolute Gasteiger partial charge is 0.350 e. The molecule has 1 aromatic carbocycles. The van der Waals surface area contributed by atoms with Gasteiger partial charge in [-0.25, -0.2) is 9.97 Å². The van der Waals surface area contributed by atoms with Crippen LogP contribution >= 0.6 is 0 Å². The summed E-state index contributed by atoms with van der Waals surface area (Å²) in [4.78, 5) is 16.0. The van der Waals surface area contributed by atoms with Crippen LogP contribution in [0.4, 0.5) is 30.8 Å². The first-order chi connectivity index (χ1) is 15.6. The maximum absolute atomic E-state index is 13.2. The molecule has 1 aliphatic heterocycles. The minimum absolute atomic E-state index is 0.224. The van der Waals surface area contributed by atoms with Crippen molar-refractivity contribution < 1.29 is 13.2 Å². The van der Waals surface area contributed by atoms with Crippen LogP contribution in [0.15, 0.2) is 30.5 Å². The largest absolute Gasteiger partial charge is 0.416 e. The van der Waals surface area contributed by atoms with Crippen LogP contribution in [0.5, 0.6) is 0 Å². The van der Waals surface area contributed by atoms with Crippen LogP contribution < -0.4 is 16.0 Å². The normalized spacial score (nSPS) is 15.7. The Kier molecular flexibility index (Phi) is 6.44. The number of imidazole rings is 1. The molecule has 0 amide bonds. The molecule has 2 aromatic heterocycles. The predicted molar refractivity (Wildman–Crippen MR) is 123 cm³/mol. The van der Waals surface area contributed by atoms with Crippen LogP contribution in [-0.4, -0.2) is 62.7 Å². The number of alkyl halides is 3. The van der Waals surface area contributed by atoms with Crippen molar-refractivity contribution in [2.45, 2.75) is 39.0 Å². The molecule has 0 spiro atoms. The van der Waals surface area contributed by atoms with E-state index in [2.05, 4.69) is 35.8 Å². The average molecular weight is 463 g/mol. The van der Waals surface area contributed by atoms with Crippen LogP contribution in [0.1, 0.15) is 26.3 Å². The topological polar surface area (TPSA) is 82.9 Å². The molecule has 1 aliphatic rings. The van der Waals surface area contributed by atoms with Gasteiger partial charge in [-0.2, -0.15) is 18.2 Å². The van der Waals surface area contributed by atoms with Crippen molar-refractivity contribution in [3.8, 4) is 0 Å². The van der Waals surface area contributed by atoms with Crippen molar-refractivity contribution in [3.63, 3.8) is 0 Å². The summed E-state index contributed by atoms with van der Waals surface area (Å²) in [6, 6.07) is 5.10. The van der Waals surface area contributed by atoms with E-state index in [1.807, 2.05) is 25.3 Å². The maximum atomic E-state index is 13.2. The van der Waals surface area contributed by atoms with Crippen molar-refractivity contribution in [3.05, 3.63) is 36.0 Å². The molecule has 0 saturated carbocycles. The number of rotatable bonds is 6. The fourth-order valence-electron chi connectivity index (χ4n) is 3.70. The predicted octanol–water partition coefficient (Wildman–Crippen LogP) is 3.70. The first-order valence-corrected chi connectivity index (χ1v) is 11.0. The lowest BCUT2D eigenvalue weighted by Crippen LogP contribution is -2.44. The Morgan fingerprint density at radius 1 is 1.06 bits per heavy atom. The number of nitrogens with one attached hydrogen (secondary N) is 3. The first-order valence-electron chi connectivity index (χ1n) is 11.0. The zero-order chi connectivity index (χ0) is 23.6. The van der Waals surface area contributed by atoms with Gasteiger partial charge in [-0.15, -0.1) is 0 Å². The summed E-state index contributed by atoms with van der Waals surface area (Å²) in [6.45, 7) is 11.2. The average Bonchev–Trinajstić information content (AvgIpc) is 3.07. The van der Waals surface area contributed by atoms with Crippen LogP contribution in [0.2, 0.25) is 0 Å². The molecule has 3 heterocycles. The summed E-state index contributed by atoms with van der Waals surface area (Å²) in [5, 5.41) is 9.66. The highest BCUT2D eigenvalue weighted by Crippen LogP contribution is 2.32. The number of nitrogens with zero attached hydrogens (tertiary/aromatic N) is 5. The summed E-state index contributed by atoms with van der Waals surface area (Å²) in [5.74, 6) is 0.908. The molecule has 4 rings (SSSR count). The van der Waals surface area contributed by atoms with Gasteiger partial charge in [0.15, 0.2) is 5.65 Å². The monoisotopic (exact) mass is 462 g/mol. The van der Waals surface area contributed by atoms with E-state index in [4.69, 9.17) is 0 Å². The molecule has 3 N–H and O–H groups in total. The van der Waals surface area contributed by atoms with Crippen molar-refractivity contribution in [2.75, 3.05) is 43.4 Å². The molecule has 178 valence electrons. The number of halogens is 3. The van der Waals surface area contributed by atoms with E-state index in [0.717, 1.165) is 44.9 Å². The van der Waals surface area contributed by atoms with Gasteiger partial charge in [-0.05, 0) is 39.0 Å². The molecule has 0 unspecified atom stereocenters. The maximum Gasteiger partial charge on any atom is 0.416 e. The van der Waals surface area contributed by atoms with Gasteiger partial charge in [0.25, 0.3) is 0 Å². The third-order valence-electron chi connectivity index (χ3n) is 5.27. The van der Waals surface area contributed by atoms with Crippen LogP contribution in [0, 0.1) is 0 Å². The molecule has 0 radical (unpaired) electrons. The van der Waals surface area contributed by atoms with E-state index in [0.29, 0.717) is 35.3 Å². The molecule has 33 heavy (non-hydrogen) atoms. The quantitative estimate of drug-likeness (QED) is 0.515. The number of anilines is 3. The minimum atomic E-state index is -4.42. The third-order valence-corrected chi connectivity index (χ3v) is 5.27. The molecule has 0 atom stereocenters. The zero-order valence-electron chi connectivity index (χ0n) is 19.0. The number of fused-ring (bicyclic) bond motifs is 1. The van der Waals surface area contributed by atoms with Gasteiger partial charge in [0, 0.05) is 50.5 Å². The molecular weight excluding hydrogens is 433 g/mol. The van der Waals surface area contributed by atoms with Gasteiger partial charge in [-0.3, -0.25) is 9.47 Å². The van der Waals surface area contributed by atoms with Crippen molar-refractivity contribution in [2.24, 2.45) is 0 Å². The van der Waals surface area contributed by atoms with Crippen molar-refractivity contribution in [1.82, 2.24) is 29.7 Å². The molecule has 3 aromatic rings. The van der Waals surface area contributed by atoms with E-state index in [-0.39, 0.29) is 5.54 Å². The molecule has 11 heteroatoms. The van der Waals surface area contributed by atoms with E-state index < -0.39 is 11.7 Å². The van der Waals surface area contributed by atoms with Gasteiger partial charge in [0.05, 0.1) is 11.8 Å². The van der Waals surface area contributed by atoms with Gasteiger partial charge in [0.1, 0.15) is 5.52 Å². The lowest BCUT2D eigenvalue weighted by atomic mass is 10.1. The van der Waals surface area contributed by atoms with E-state index in [1.54, 1.807) is 12.3 Å². The Morgan fingerprint density at radius 2 is 1.82 bits per heavy atom. The number of benzene rings is 1. The molecule has 0 bridgehead atoms. The minimum Gasteiger partial charge on any atom is -0.350 e. The highest BCUT2D eigenvalue weighted by Gasteiger charge is 2.30. The summed E-state index contributed by atoms with van der Waals surface area (Å²) in [6.07, 6.45) is -2.78. The lowest BCUT2D eigenvalue weighted by Gasteiger charge is -2.27. The molecule has 8 nitrogen and oxygen atoms in total. The second-order valence-electron chi connectivity index (χ2n) is 9.16. The summed E-state index contributed by atoms with van der Waals surface area (Å²) >= 11 is 0. The second kappa shape index (κ2) is 9.14. The number of hydrogen-bond donors (Lipinski definition) is 3. The van der Waals surface area contributed by atoms with E-state index in [9.17, 15) is 13.2 Å². The molecular formula is C22H29F3N8. The highest BCUT2D eigenvalue weighted by molar-refractivity contribution is 5.76. The van der Waals surface area contributed by atoms with Gasteiger partial charge in [0.2, 0.25) is 11.9 Å². The fraction of sp³-hybridized carbons (Fsp3) is 0.500. The number of hydrogen-bond acceptors (Lipinski definition) is 7. The summed E-state index contributed by atoms with van der Waals surface area (Å²) in [5.41, 5.74) is 0.570. The standard InChI is InChI=1S/C22H29F3N8/c1-21(2,3)31-19-27-14-17-18(30-19)33(12-11-32-9-7-26-8-10-32)20(29-17)28-16-6-4-5-15(13-16)22(23,24)25/h4-6,13-14,26H,7-12H2,1-3H3,(H,28,29)(H,27,30,31). The highest BCUT2D eigenvalue weighted by atomic mass is 19.4.